The lowest BCUT2D eigenvalue weighted by atomic mass is 10.0. The Bertz CT molecular complexity index is 372. The highest BCUT2D eigenvalue weighted by molar-refractivity contribution is 7.85. The van der Waals surface area contributed by atoms with E-state index in [0.29, 0.717) is 6.42 Å². The number of hydrogen-bond donors (Lipinski definition) is 1. The maximum atomic E-state index is 10.6. The van der Waals surface area contributed by atoms with Gasteiger partial charge in [-0.3, -0.25) is 4.55 Å². The summed E-state index contributed by atoms with van der Waals surface area (Å²) in [6.45, 7) is 2.28. The van der Waals surface area contributed by atoms with Crippen molar-refractivity contribution in [1.82, 2.24) is 0 Å². The standard InChI is InChI=1S/C22H46O3S.Mg.2H/c1-2-3-4-5-6-7-8-9-10-11-12-13-14-15-16-17-18-19-20-21-22-26(23,24)25;;;/h2-22H2,1H3,(H,23,24,25);;;. The van der Waals surface area contributed by atoms with Crippen LogP contribution < -0.4 is 0 Å². The van der Waals surface area contributed by atoms with Crippen molar-refractivity contribution in [1.29, 1.82) is 0 Å². The molecular formula is C22H48MgO3S. The quantitative estimate of drug-likeness (QED) is 0.127. The van der Waals surface area contributed by atoms with Crippen molar-refractivity contribution in [2.45, 2.75) is 135 Å². The zero-order valence-electron chi connectivity index (χ0n) is 17.5. The van der Waals surface area contributed by atoms with Crippen molar-refractivity contribution < 1.29 is 13.0 Å². The fraction of sp³-hybridized carbons (Fsp3) is 1.00. The number of hydrogen-bond acceptors (Lipinski definition) is 2. The van der Waals surface area contributed by atoms with Crippen molar-refractivity contribution in [3.8, 4) is 0 Å². The first kappa shape index (κ1) is 29.9. The van der Waals surface area contributed by atoms with Crippen molar-refractivity contribution in [3.05, 3.63) is 0 Å². The van der Waals surface area contributed by atoms with Gasteiger partial charge in [0.2, 0.25) is 0 Å². The summed E-state index contributed by atoms with van der Waals surface area (Å²) >= 11 is 0. The lowest BCUT2D eigenvalue weighted by Crippen LogP contribution is -2.03. The minimum absolute atomic E-state index is 0. The molecule has 0 spiro atoms. The SMILES string of the molecule is CCCCCCCCCCCCCCCCCCCCCCS(=O)(=O)O.[MgH2]. The highest BCUT2D eigenvalue weighted by Crippen LogP contribution is 2.14. The van der Waals surface area contributed by atoms with Crippen molar-refractivity contribution in [2.75, 3.05) is 5.75 Å². The highest BCUT2D eigenvalue weighted by Gasteiger charge is 2.02. The Balaban J connectivity index is 0. The predicted molar refractivity (Wildman–Crippen MR) is 123 cm³/mol. The predicted octanol–water partition coefficient (Wildman–Crippen LogP) is 6.78. The van der Waals surface area contributed by atoms with Gasteiger partial charge < -0.3 is 0 Å². The Morgan fingerprint density at radius 1 is 0.481 bits per heavy atom. The minimum atomic E-state index is -3.75. The van der Waals surface area contributed by atoms with Crippen LogP contribution in [-0.4, -0.2) is 41.8 Å². The van der Waals surface area contributed by atoms with E-state index in [1.807, 2.05) is 0 Å². The zero-order chi connectivity index (χ0) is 19.3. The summed E-state index contributed by atoms with van der Waals surface area (Å²) in [5.74, 6) is -0.0774. The van der Waals surface area contributed by atoms with Gasteiger partial charge in [-0.15, -0.1) is 0 Å². The molecule has 0 amide bonds. The molecule has 0 aliphatic rings. The minimum Gasteiger partial charge on any atom is -0.286 e. The molecule has 0 bridgehead atoms. The van der Waals surface area contributed by atoms with Crippen molar-refractivity contribution in [2.24, 2.45) is 0 Å². The molecule has 0 fully saturated rings. The topological polar surface area (TPSA) is 54.4 Å². The van der Waals surface area contributed by atoms with Gasteiger partial charge in [0, 0.05) is 0 Å². The van der Waals surface area contributed by atoms with Crippen LogP contribution in [0.4, 0.5) is 0 Å². The smallest absolute Gasteiger partial charge is 0.286 e. The molecule has 0 unspecified atom stereocenters. The fourth-order valence-electron chi connectivity index (χ4n) is 3.54. The molecule has 0 heterocycles. The van der Waals surface area contributed by atoms with Crippen molar-refractivity contribution >= 4 is 33.2 Å². The largest absolute Gasteiger partial charge is 0.316 e. The van der Waals surface area contributed by atoms with Gasteiger partial charge in [0.25, 0.3) is 10.1 Å². The molecule has 0 atom stereocenters. The molecule has 0 aliphatic carbocycles. The summed E-state index contributed by atoms with van der Waals surface area (Å²) in [5.41, 5.74) is 0. The van der Waals surface area contributed by atoms with Gasteiger partial charge >= 0.3 is 23.1 Å². The number of unbranched alkanes of at least 4 members (excludes halogenated alkanes) is 19. The van der Waals surface area contributed by atoms with Gasteiger partial charge in [0.1, 0.15) is 0 Å². The first-order valence-corrected chi connectivity index (χ1v) is 13.1. The number of rotatable bonds is 21. The van der Waals surface area contributed by atoms with Crippen LogP contribution in [0, 0.1) is 0 Å². The normalized spacial score (nSPS) is 11.5. The second kappa shape index (κ2) is 23.0. The third kappa shape index (κ3) is 29.0. The molecule has 0 saturated heterocycles. The summed E-state index contributed by atoms with van der Waals surface area (Å²) in [5, 5.41) is 0. The molecule has 0 rings (SSSR count). The Kier molecular flexibility index (Phi) is 25.4. The molecule has 0 aromatic heterocycles. The first-order chi connectivity index (χ1) is 12.6. The highest BCUT2D eigenvalue weighted by atomic mass is 32.2. The first-order valence-electron chi connectivity index (χ1n) is 11.5. The van der Waals surface area contributed by atoms with E-state index in [-0.39, 0.29) is 28.8 Å². The molecule has 0 saturated carbocycles. The van der Waals surface area contributed by atoms with Crippen molar-refractivity contribution in [3.63, 3.8) is 0 Å². The van der Waals surface area contributed by atoms with Crippen LogP contribution >= 0.6 is 0 Å². The van der Waals surface area contributed by atoms with Gasteiger partial charge in [0.15, 0.2) is 0 Å². The van der Waals surface area contributed by atoms with Crippen LogP contribution in [0.15, 0.2) is 0 Å². The molecule has 0 radical (unpaired) electrons. The molecular weight excluding hydrogens is 369 g/mol. The van der Waals surface area contributed by atoms with E-state index in [1.165, 1.54) is 109 Å². The molecule has 0 aliphatic heterocycles. The van der Waals surface area contributed by atoms with Crippen LogP contribution in [0.2, 0.25) is 0 Å². The van der Waals surface area contributed by atoms with Crippen LogP contribution in [-0.2, 0) is 10.1 Å². The van der Waals surface area contributed by atoms with E-state index in [4.69, 9.17) is 4.55 Å². The Morgan fingerprint density at radius 2 is 0.704 bits per heavy atom. The van der Waals surface area contributed by atoms with E-state index in [0.717, 1.165) is 12.8 Å². The van der Waals surface area contributed by atoms with E-state index >= 15 is 0 Å². The summed E-state index contributed by atoms with van der Waals surface area (Å²) < 4.78 is 29.8. The fourth-order valence-corrected chi connectivity index (χ4v) is 4.11. The van der Waals surface area contributed by atoms with Gasteiger partial charge in [-0.25, -0.2) is 0 Å². The van der Waals surface area contributed by atoms with Gasteiger partial charge in [0.05, 0.1) is 5.75 Å². The summed E-state index contributed by atoms with van der Waals surface area (Å²) in [7, 11) is -3.75. The molecule has 3 nitrogen and oxygen atoms in total. The Morgan fingerprint density at radius 3 is 0.926 bits per heavy atom. The second-order valence-corrected chi connectivity index (χ2v) is 9.58. The molecule has 27 heavy (non-hydrogen) atoms. The molecule has 162 valence electrons. The maximum absolute atomic E-state index is 10.6. The Labute approximate surface area is 186 Å². The van der Waals surface area contributed by atoms with Gasteiger partial charge in [-0.05, 0) is 6.42 Å². The van der Waals surface area contributed by atoms with Crippen LogP contribution in [0.5, 0.6) is 0 Å². The molecule has 0 aromatic carbocycles. The van der Waals surface area contributed by atoms with Gasteiger partial charge in [-0.2, -0.15) is 8.42 Å². The summed E-state index contributed by atoms with van der Waals surface area (Å²) in [6, 6.07) is 0. The monoisotopic (exact) mass is 416 g/mol. The third-order valence-electron chi connectivity index (χ3n) is 5.26. The molecule has 0 aromatic rings. The van der Waals surface area contributed by atoms with Crippen LogP contribution in [0.1, 0.15) is 135 Å². The van der Waals surface area contributed by atoms with E-state index in [9.17, 15) is 8.42 Å². The molecule has 1 N–H and O–H groups in total. The van der Waals surface area contributed by atoms with Crippen LogP contribution in [0.3, 0.4) is 0 Å². The maximum Gasteiger partial charge on any atom is 0.316 e. The van der Waals surface area contributed by atoms with E-state index < -0.39 is 10.1 Å². The summed E-state index contributed by atoms with van der Waals surface area (Å²) in [4.78, 5) is 0. The molecule has 5 heteroatoms. The second-order valence-electron chi connectivity index (χ2n) is 8.00. The Hall–Kier alpha value is 0.676. The van der Waals surface area contributed by atoms with E-state index in [2.05, 4.69) is 6.92 Å². The average molecular weight is 417 g/mol. The summed E-state index contributed by atoms with van der Waals surface area (Å²) in [6.07, 6.45) is 26.2. The van der Waals surface area contributed by atoms with Gasteiger partial charge in [-0.1, -0.05) is 129 Å². The lowest BCUT2D eigenvalue weighted by molar-refractivity contribution is 0.478. The third-order valence-corrected chi connectivity index (χ3v) is 6.06. The van der Waals surface area contributed by atoms with Crippen LogP contribution in [0.25, 0.3) is 0 Å². The zero-order valence-corrected chi connectivity index (χ0v) is 18.3. The van der Waals surface area contributed by atoms with E-state index in [1.54, 1.807) is 0 Å². The lowest BCUT2D eigenvalue weighted by Gasteiger charge is -2.04. The average Bonchev–Trinajstić information content (AvgIpc) is 2.59.